The molecule has 1 saturated heterocycles. The Labute approximate surface area is 101 Å². The van der Waals surface area contributed by atoms with Crippen LogP contribution in [0.25, 0.3) is 0 Å². The summed E-state index contributed by atoms with van der Waals surface area (Å²) in [6.45, 7) is 0. The van der Waals surface area contributed by atoms with Crippen molar-refractivity contribution in [1.29, 1.82) is 0 Å². The first-order valence-corrected chi connectivity index (χ1v) is 5.97. The van der Waals surface area contributed by atoms with Gasteiger partial charge in [-0.3, -0.25) is 20.2 Å². The number of non-ortho nitro benzene ring substituents is 1. The first-order valence-electron chi connectivity index (χ1n) is 4.93. The maximum atomic E-state index is 10.8. The Balaban J connectivity index is 2.16. The van der Waals surface area contributed by atoms with Crippen molar-refractivity contribution in [2.45, 2.75) is 11.4 Å². The van der Waals surface area contributed by atoms with Gasteiger partial charge in [0, 0.05) is 17.9 Å². The lowest BCUT2D eigenvalue weighted by atomic mass is 10.2. The van der Waals surface area contributed by atoms with Crippen LogP contribution in [0.5, 0.6) is 0 Å². The van der Waals surface area contributed by atoms with Crippen LogP contribution >= 0.6 is 11.8 Å². The van der Waals surface area contributed by atoms with E-state index in [2.05, 4.69) is 5.32 Å². The summed E-state index contributed by atoms with van der Waals surface area (Å²) in [7, 11) is 0. The molecule has 1 aliphatic rings. The fraction of sp³-hybridized carbons (Fsp3) is 0.300. The van der Waals surface area contributed by atoms with E-state index in [1.807, 2.05) is 0 Å². The third kappa shape index (κ3) is 2.56. The van der Waals surface area contributed by atoms with Crippen molar-refractivity contribution in [2.75, 3.05) is 5.75 Å². The first-order chi connectivity index (χ1) is 8.08. The van der Waals surface area contributed by atoms with Gasteiger partial charge in [-0.1, -0.05) is 12.1 Å². The maximum Gasteiger partial charge on any atom is 0.321 e. The fourth-order valence-electron chi connectivity index (χ4n) is 1.61. The number of benzene rings is 1. The second-order valence-electron chi connectivity index (χ2n) is 3.62. The molecule has 0 aliphatic carbocycles. The van der Waals surface area contributed by atoms with Gasteiger partial charge in [0.2, 0.25) is 0 Å². The zero-order valence-corrected chi connectivity index (χ0v) is 9.52. The molecule has 0 bridgehead atoms. The number of nitro benzene ring substituents is 1. The van der Waals surface area contributed by atoms with Crippen molar-refractivity contribution in [3.05, 3.63) is 39.9 Å². The summed E-state index contributed by atoms with van der Waals surface area (Å²) in [5, 5.41) is 22.2. The number of carbonyl (C=O) groups is 1. The zero-order valence-electron chi connectivity index (χ0n) is 8.70. The molecule has 2 atom stereocenters. The van der Waals surface area contributed by atoms with E-state index in [1.165, 1.54) is 23.9 Å². The number of carboxylic acid groups (broad SMARTS) is 1. The van der Waals surface area contributed by atoms with Gasteiger partial charge < -0.3 is 5.11 Å². The monoisotopic (exact) mass is 254 g/mol. The molecule has 1 aromatic rings. The molecule has 2 N–H and O–H groups in total. The smallest absolute Gasteiger partial charge is 0.321 e. The van der Waals surface area contributed by atoms with Gasteiger partial charge in [-0.25, -0.2) is 0 Å². The van der Waals surface area contributed by atoms with Crippen LogP contribution in [0.3, 0.4) is 0 Å². The van der Waals surface area contributed by atoms with Crippen molar-refractivity contribution in [2.24, 2.45) is 0 Å². The van der Waals surface area contributed by atoms with Gasteiger partial charge in [0.1, 0.15) is 6.04 Å². The second kappa shape index (κ2) is 4.72. The van der Waals surface area contributed by atoms with E-state index >= 15 is 0 Å². The normalized spacial score (nSPS) is 23.5. The van der Waals surface area contributed by atoms with E-state index in [4.69, 9.17) is 5.11 Å². The van der Waals surface area contributed by atoms with Crippen LogP contribution in [0.2, 0.25) is 0 Å². The van der Waals surface area contributed by atoms with E-state index < -0.39 is 16.9 Å². The molecule has 17 heavy (non-hydrogen) atoms. The number of nitro groups is 1. The minimum atomic E-state index is -0.898. The molecule has 6 nitrogen and oxygen atoms in total. The summed E-state index contributed by atoms with van der Waals surface area (Å²) in [4.78, 5) is 20.9. The molecule has 1 aliphatic heterocycles. The van der Waals surface area contributed by atoms with Gasteiger partial charge in [-0.15, -0.1) is 11.8 Å². The van der Waals surface area contributed by atoms with Gasteiger partial charge in [0.15, 0.2) is 0 Å². The van der Waals surface area contributed by atoms with E-state index in [9.17, 15) is 14.9 Å². The van der Waals surface area contributed by atoms with Crippen LogP contribution in [0.1, 0.15) is 10.9 Å². The number of aliphatic carboxylic acids is 1. The lowest BCUT2D eigenvalue weighted by molar-refractivity contribution is -0.384. The summed E-state index contributed by atoms with van der Waals surface area (Å²) in [5.74, 6) is -0.437. The number of carboxylic acids is 1. The SMILES string of the molecule is O=C(O)[C@@H]1CS[C@H](c2cccc([N+](=O)[O-])c2)N1. The average Bonchev–Trinajstić information content (AvgIpc) is 2.78. The van der Waals surface area contributed by atoms with Gasteiger partial charge in [0.25, 0.3) is 5.69 Å². The Morgan fingerprint density at radius 2 is 2.35 bits per heavy atom. The molecule has 0 aromatic heterocycles. The third-order valence-electron chi connectivity index (χ3n) is 2.46. The molecule has 0 saturated carbocycles. The number of thioether (sulfide) groups is 1. The van der Waals surface area contributed by atoms with Crippen LogP contribution in [-0.2, 0) is 4.79 Å². The maximum absolute atomic E-state index is 10.8. The topological polar surface area (TPSA) is 92.5 Å². The highest BCUT2D eigenvalue weighted by atomic mass is 32.2. The van der Waals surface area contributed by atoms with Crippen molar-refractivity contribution in [3.63, 3.8) is 0 Å². The van der Waals surface area contributed by atoms with Crippen molar-refractivity contribution >= 4 is 23.4 Å². The molecule has 7 heteroatoms. The lowest BCUT2D eigenvalue weighted by Gasteiger charge is -2.10. The molecule has 0 amide bonds. The highest BCUT2D eigenvalue weighted by Gasteiger charge is 2.30. The molecule has 0 spiro atoms. The van der Waals surface area contributed by atoms with E-state index in [1.54, 1.807) is 12.1 Å². The molecule has 1 aromatic carbocycles. The Morgan fingerprint density at radius 1 is 1.59 bits per heavy atom. The van der Waals surface area contributed by atoms with Crippen LogP contribution in [0.4, 0.5) is 5.69 Å². The lowest BCUT2D eigenvalue weighted by Crippen LogP contribution is -2.33. The van der Waals surface area contributed by atoms with Crippen LogP contribution < -0.4 is 5.32 Å². The molecule has 2 rings (SSSR count). The standard InChI is InChI=1S/C10H10N2O4S/c13-10(14)8-5-17-9(11-8)6-2-1-3-7(4-6)12(15)16/h1-4,8-9,11H,5H2,(H,13,14)/t8-,9+/m0/s1. The second-order valence-corrected chi connectivity index (χ2v) is 4.76. The molecule has 90 valence electrons. The number of nitrogens with zero attached hydrogens (tertiary/aromatic N) is 1. The van der Waals surface area contributed by atoms with Crippen molar-refractivity contribution in [3.8, 4) is 0 Å². The Kier molecular flexibility index (Phi) is 3.30. The fourth-order valence-corrected chi connectivity index (χ4v) is 2.83. The number of hydrogen-bond donors (Lipinski definition) is 2. The molecule has 0 unspecified atom stereocenters. The number of rotatable bonds is 3. The zero-order chi connectivity index (χ0) is 12.4. The first kappa shape index (κ1) is 11.9. The quantitative estimate of drug-likeness (QED) is 0.625. The van der Waals surface area contributed by atoms with Gasteiger partial charge in [-0.05, 0) is 5.56 Å². The predicted octanol–water partition coefficient (Wildman–Crippen LogP) is 1.38. The van der Waals surface area contributed by atoms with Crippen LogP contribution in [-0.4, -0.2) is 27.8 Å². The van der Waals surface area contributed by atoms with Gasteiger partial charge >= 0.3 is 5.97 Å². The minimum Gasteiger partial charge on any atom is -0.480 e. The van der Waals surface area contributed by atoms with Crippen molar-refractivity contribution in [1.82, 2.24) is 5.32 Å². The Bertz CT molecular complexity index is 465. The predicted molar refractivity (Wildman–Crippen MR) is 62.9 cm³/mol. The summed E-state index contributed by atoms with van der Waals surface area (Å²) in [6.07, 6.45) is 0. The molecule has 0 radical (unpaired) electrons. The van der Waals surface area contributed by atoms with Crippen molar-refractivity contribution < 1.29 is 14.8 Å². The number of nitrogens with one attached hydrogen (secondary N) is 1. The Morgan fingerprint density at radius 3 is 2.94 bits per heavy atom. The molecule has 1 heterocycles. The summed E-state index contributed by atoms with van der Waals surface area (Å²) >= 11 is 1.44. The van der Waals surface area contributed by atoms with Gasteiger partial charge in [0.05, 0.1) is 10.3 Å². The highest BCUT2D eigenvalue weighted by Crippen LogP contribution is 2.33. The van der Waals surface area contributed by atoms with E-state index in [-0.39, 0.29) is 11.1 Å². The third-order valence-corrected chi connectivity index (χ3v) is 3.73. The van der Waals surface area contributed by atoms with E-state index in [0.29, 0.717) is 5.75 Å². The number of hydrogen-bond acceptors (Lipinski definition) is 5. The summed E-state index contributed by atoms with van der Waals surface area (Å²) in [5.41, 5.74) is 0.747. The van der Waals surface area contributed by atoms with Gasteiger partial charge in [-0.2, -0.15) is 0 Å². The highest BCUT2D eigenvalue weighted by molar-refractivity contribution is 7.99. The average molecular weight is 254 g/mol. The molecular formula is C10H10N2O4S. The summed E-state index contributed by atoms with van der Waals surface area (Å²) in [6, 6.07) is 5.64. The molecule has 1 fully saturated rings. The van der Waals surface area contributed by atoms with Crippen LogP contribution in [0.15, 0.2) is 24.3 Å². The van der Waals surface area contributed by atoms with Crippen LogP contribution in [0, 0.1) is 10.1 Å². The largest absolute Gasteiger partial charge is 0.480 e. The minimum absolute atomic E-state index is 0.0173. The van der Waals surface area contributed by atoms with E-state index in [0.717, 1.165) is 5.56 Å². The summed E-state index contributed by atoms with van der Waals surface area (Å²) < 4.78 is 0. The Hall–Kier alpha value is -1.60. The molecular weight excluding hydrogens is 244 g/mol.